The van der Waals surface area contributed by atoms with E-state index in [2.05, 4.69) is 0 Å². The first-order valence-electron chi connectivity index (χ1n) is 9.69. The summed E-state index contributed by atoms with van der Waals surface area (Å²) in [5.41, 5.74) is 1.12. The summed E-state index contributed by atoms with van der Waals surface area (Å²) in [7, 11) is 0. The van der Waals surface area contributed by atoms with Gasteiger partial charge >= 0.3 is 6.09 Å². The van der Waals surface area contributed by atoms with Gasteiger partial charge in [-0.25, -0.2) is 9.18 Å². The summed E-state index contributed by atoms with van der Waals surface area (Å²) in [4.78, 5) is 13.9. The van der Waals surface area contributed by atoms with Crippen LogP contribution < -0.4 is 0 Å². The van der Waals surface area contributed by atoms with Crippen molar-refractivity contribution >= 4 is 39.5 Å². The number of carbonyl (C=O) groups excluding carboxylic acids is 1. The lowest BCUT2D eigenvalue weighted by Gasteiger charge is -2.37. The van der Waals surface area contributed by atoms with Gasteiger partial charge in [0.1, 0.15) is 11.4 Å². The van der Waals surface area contributed by atoms with E-state index in [4.69, 9.17) is 16.3 Å². The number of fused-ring (bicyclic) bond motifs is 3. The molecule has 29 heavy (non-hydrogen) atoms. The molecule has 0 saturated carbocycles. The van der Waals surface area contributed by atoms with Crippen molar-refractivity contribution in [3.05, 3.63) is 47.2 Å². The molecule has 2 unspecified atom stereocenters. The molecule has 1 aromatic heterocycles. The van der Waals surface area contributed by atoms with Crippen molar-refractivity contribution in [2.75, 3.05) is 13.1 Å². The lowest BCUT2D eigenvalue weighted by atomic mass is 10.0. The number of ether oxygens (including phenoxy) is 1. The molecule has 154 valence electrons. The Bertz CT molecular complexity index is 1030. The molecule has 2 heterocycles. The Balaban J connectivity index is 1.71. The lowest BCUT2D eigenvalue weighted by Crippen LogP contribution is -2.48. The number of piperidine rings is 1. The van der Waals surface area contributed by atoms with Gasteiger partial charge in [0.25, 0.3) is 0 Å². The number of amides is 1. The van der Waals surface area contributed by atoms with E-state index < -0.39 is 17.8 Å². The number of hydrogen-bond donors (Lipinski definition) is 1. The number of hydrogen-bond acceptors (Lipinski definition) is 3. The number of halogens is 2. The summed E-state index contributed by atoms with van der Waals surface area (Å²) in [5.74, 6) is -0.322. The van der Waals surface area contributed by atoms with Crippen molar-refractivity contribution in [3.8, 4) is 0 Å². The van der Waals surface area contributed by atoms with E-state index in [1.165, 1.54) is 17.0 Å². The van der Waals surface area contributed by atoms with Crippen LogP contribution >= 0.6 is 11.6 Å². The minimum absolute atomic E-state index is 0.176. The number of benzene rings is 2. The quantitative estimate of drug-likeness (QED) is 0.596. The molecule has 0 aliphatic carbocycles. The molecule has 2 atom stereocenters. The molecule has 4 rings (SSSR count). The Labute approximate surface area is 173 Å². The number of aliphatic hydroxyl groups excluding tert-OH is 1. The number of likely N-dealkylation sites (tertiary alicyclic amines) is 1. The molecule has 5 nitrogen and oxygen atoms in total. The van der Waals surface area contributed by atoms with Crippen LogP contribution in [-0.2, 0) is 4.74 Å². The van der Waals surface area contributed by atoms with Gasteiger partial charge in [0.05, 0.1) is 18.7 Å². The Kier molecular flexibility index (Phi) is 4.95. The highest BCUT2D eigenvalue weighted by Gasteiger charge is 2.34. The van der Waals surface area contributed by atoms with Gasteiger partial charge in [-0.15, -0.1) is 0 Å². The second-order valence-electron chi connectivity index (χ2n) is 8.54. The van der Waals surface area contributed by atoms with E-state index in [1.807, 2.05) is 37.5 Å². The minimum Gasteiger partial charge on any atom is -0.444 e. The number of nitrogens with zero attached hydrogens (tertiary/aromatic N) is 2. The minimum atomic E-state index is -0.782. The van der Waals surface area contributed by atoms with E-state index in [-0.39, 0.29) is 18.4 Å². The molecule has 3 aromatic rings. The molecule has 7 heteroatoms. The van der Waals surface area contributed by atoms with Gasteiger partial charge in [-0.2, -0.15) is 0 Å². The molecule has 0 bridgehead atoms. The average molecular weight is 419 g/mol. The molecular weight excluding hydrogens is 395 g/mol. The van der Waals surface area contributed by atoms with Gasteiger partial charge in [-0.1, -0.05) is 11.6 Å². The Morgan fingerprint density at radius 1 is 1.17 bits per heavy atom. The van der Waals surface area contributed by atoms with Gasteiger partial charge in [-0.3, -0.25) is 0 Å². The summed E-state index contributed by atoms with van der Waals surface area (Å²) in [6.07, 6.45) is -0.652. The summed E-state index contributed by atoms with van der Waals surface area (Å²) < 4.78 is 21.4. The first kappa shape index (κ1) is 20.0. The second-order valence-corrected chi connectivity index (χ2v) is 8.98. The molecular formula is C22H24ClFN2O3. The van der Waals surface area contributed by atoms with Crippen molar-refractivity contribution in [1.29, 1.82) is 0 Å². The molecule has 1 amide bonds. The molecule has 2 aromatic carbocycles. The maximum Gasteiger partial charge on any atom is 0.410 e. The normalized spacial score (nSPS) is 20.4. The number of aliphatic hydroxyl groups is 1. The van der Waals surface area contributed by atoms with Gasteiger partial charge < -0.3 is 19.3 Å². The van der Waals surface area contributed by atoms with Crippen LogP contribution in [0, 0.1) is 5.82 Å². The van der Waals surface area contributed by atoms with E-state index in [0.29, 0.717) is 18.0 Å². The predicted octanol–water partition coefficient (Wildman–Crippen LogP) is 5.13. The highest BCUT2D eigenvalue weighted by molar-refractivity contribution is 6.31. The fourth-order valence-electron chi connectivity index (χ4n) is 4.07. The van der Waals surface area contributed by atoms with Gasteiger partial charge in [0, 0.05) is 33.4 Å². The standard InChI is InChI=1S/C22H24ClFN2O3/c1-22(2,3)29-21(28)25-9-8-19(20(27)12-25)26-17-6-4-13(23)10-15(17)16-11-14(24)5-7-18(16)26/h4-7,10-11,19-20,27H,8-9,12H2,1-3H3. The highest BCUT2D eigenvalue weighted by atomic mass is 35.5. The van der Waals surface area contributed by atoms with E-state index >= 15 is 0 Å². The van der Waals surface area contributed by atoms with Crippen molar-refractivity contribution in [2.24, 2.45) is 0 Å². The van der Waals surface area contributed by atoms with Crippen molar-refractivity contribution in [1.82, 2.24) is 9.47 Å². The molecule has 1 aliphatic heterocycles. The molecule has 0 radical (unpaired) electrons. The largest absolute Gasteiger partial charge is 0.444 e. The van der Waals surface area contributed by atoms with Gasteiger partial charge in [0.2, 0.25) is 0 Å². The monoisotopic (exact) mass is 418 g/mol. The zero-order valence-corrected chi connectivity index (χ0v) is 17.4. The Hall–Kier alpha value is -2.31. The molecule has 1 saturated heterocycles. The third kappa shape index (κ3) is 3.79. The first-order chi connectivity index (χ1) is 13.6. The molecule has 0 spiro atoms. The maximum atomic E-state index is 13.9. The number of β-amino-alcohol motifs (C(OH)–C–C–N with tert-alkyl or cyclic N) is 1. The summed E-state index contributed by atoms with van der Waals surface area (Å²) in [6.45, 7) is 6.09. The van der Waals surface area contributed by atoms with Crippen LogP contribution in [0.5, 0.6) is 0 Å². The Morgan fingerprint density at radius 2 is 1.83 bits per heavy atom. The van der Waals surface area contributed by atoms with Crippen LogP contribution in [-0.4, -0.2) is 45.5 Å². The zero-order chi connectivity index (χ0) is 20.9. The summed E-state index contributed by atoms with van der Waals surface area (Å²) in [5, 5.41) is 13.1. The highest BCUT2D eigenvalue weighted by Crippen LogP contribution is 2.37. The van der Waals surface area contributed by atoms with Crippen LogP contribution in [0.15, 0.2) is 36.4 Å². The van der Waals surface area contributed by atoms with Crippen molar-refractivity contribution in [3.63, 3.8) is 0 Å². The maximum absolute atomic E-state index is 13.9. The molecule has 1 aliphatic rings. The van der Waals surface area contributed by atoms with E-state index in [1.54, 1.807) is 12.1 Å². The number of rotatable bonds is 1. The topological polar surface area (TPSA) is 54.7 Å². The van der Waals surface area contributed by atoms with Crippen LogP contribution in [0.25, 0.3) is 21.8 Å². The number of carbonyl (C=O) groups is 1. The van der Waals surface area contributed by atoms with Crippen molar-refractivity contribution in [2.45, 2.75) is 44.9 Å². The third-order valence-electron chi connectivity index (χ3n) is 5.26. The van der Waals surface area contributed by atoms with E-state index in [0.717, 1.165) is 21.8 Å². The van der Waals surface area contributed by atoms with Crippen molar-refractivity contribution < 1.29 is 19.0 Å². The smallest absolute Gasteiger partial charge is 0.410 e. The molecule has 1 fully saturated rings. The van der Waals surface area contributed by atoms with Crippen LogP contribution in [0.4, 0.5) is 9.18 Å². The predicted molar refractivity (Wildman–Crippen MR) is 112 cm³/mol. The first-order valence-corrected chi connectivity index (χ1v) is 10.1. The van der Waals surface area contributed by atoms with Crippen LogP contribution in [0.3, 0.4) is 0 Å². The van der Waals surface area contributed by atoms with Crippen LogP contribution in [0.1, 0.15) is 33.2 Å². The number of aromatic nitrogens is 1. The summed E-state index contributed by atoms with van der Waals surface area (Å²) in [6, 6.07) is 9.89. The van der Waals surface area contributed by atoms with E-state index in [9.17, 15) is 14.3 Å². The average Bonchev–Trinajstić information content (AvgIpc) is 2.93. The fraction of sp³-hybridized carbons (Fsp3) is 0.409. The Morgan fingerprint density at radius 3 is 2.48 bits per heavy atom. The third-order valence-corrected chi connectivity index (χ3v) is 5.49. The van der Waals surface area contributed by atoms with Gasteiger partial charge in [0.15, 0.2) is 0 Å². The molecule has 1 N–H and O–H groups in total. The zero-order valence-electron chi connectivity index (χ0n) is 16.7. The van der Waals surface area contributed by atoms with Crippen LogP contribution in [0.2, 0.25) is 5.02 Å². The summed E-state index contributed by atoms with van der Waals surface area (Å²) >= 11 is 6.18. The van der Waals surface area contributed by atoms with Gasteiger partial charge in [-0.05, 0) is 63.6 Å². The lowest BCUT2D eigenvalue weighted by molar-refractivity contribution is -0.00880. The fourth-order valence-corrected chi connectivity index (χ4v) is 4.24. The SMILES string of the molecule is CC(C)(C)OC(=O)N1CCC(n2c3ccc(F)cc3c3cc(Cl)ccc32)C(O)C1. The second kappa shape index (κ2) is 7.18.